The Labute approximate surface area is 162 Å². The van der Waals surface area contributed by atoms with Crippen LogP contribution in [0.5, 0.6) is 11.5 Å². The van der Waals surface area contributed by atoms with E-state index in [1.807, 2.05) is 31.2 Å². The second-order valence-corrected chi connectivity index (χ2v) is 6.46. The molecule has 0 fully saturated rings. The molecule has 0 radical (unpaired) electrons. The minimum absolute atomic E-state index is 0.262. The van der Waals surface area contributed by atoms with Crippen molar-refractivity contribution >= 4 is 17.5 Å². The van der Waals surface area contributed by atoms with Crippen molar-refractivity contribution < 1.29 is 14.4 Å². The molecule has 2 aromatic carbocycles. The molecule has 0 aliphatic heterocycles. The van der Waals surface area contributed by atoms with Gasteiger partial charge in [0.2, 0.25) is 0 Å². The first-order valence-corrected chi connectivity index (χ1v) is 8.75. The number of nitrogens with zero attached hydrogens (tertiary/aromatic N) is 3. The number of halogens is 1. The van der Waals surface area contributed by atoms with Gasteiger partial charge in [-0.1, -0.05) is 23.7 Å². The largest absolute Gasteiger partial charge is 0.457 e. The van der Waals surface area contributed by atoms with Crippen molar-refractivity contribution in [3.63, 3.8) is 0 Å². The Morgan fingerprint density at radius 2 is 1.93 bits per heavy atom. The van der Waals surface area contributed by atoms with Crippen molar-refractivity contribution in [2.24, 2.45) is 7.05 Å². The summed E-state index contributed by atoms with van der Waals surface area (Å²) in [5, 5.41) is 6.00. The van der Waals surface area contributed by atoms with Crippen LogP contribution in [-0.2, 0) is 11.9 Å². The minimum atomic E-state index is -0.323. The van der Waals surface area contributed by atoms with Crippen LogP contribution in [-0.4, -0.2) is 27.9 Å². The molecule has 1 atom stereocenters. The van der Waals surface area contributed by atoms with E-state index in [4.69, 9.17) is 21.2 Å². The van der Waals surface area contributed by atoms with E-state index in [0.717, 1.165) is 5.56 Å². The average molecular weight is 386 g/mol. The van der Waals surface area contributed by atoms with Crippen LogP contribution in [0.1, 0.15) is 28.9 Å². The maximum atomic E-state index is 12.7. The number of aryl methyl sites for hydroxylation is 1. The van der Waals surface area contributed by atoms with Crippen molar-refractivity contribution in [1.82, 2.24) is 14.8 Å². The van der Waals surface area contributed by atoms with Gasteiger partial charge in [0.25, 0.3) is 5.91 Å². The van der Waals surface area contributed by atoms with Gasteiger partial charge in [0.15, 0.2) is 0 Å². The predicted octanol–water partition coefficient (Wildman–Crippen LogP) is 4.63. The highest BCUT2D eigenvalue weighted by atomic mass is 35.5. The maximum Gasteiger partial charge on any atom is 0.281 e. The number of ether oxygens (including phenoxy) is 1. The normalized spacial score (nSPS) is 11.9. The summed E-state index contributed by atoms with van der Waals surface area (Å²) < 4.78 is 7.45. The maximum absolute atomic E-state index is 12.7. The van der Waals surface area contributed by atoms with Crippen LogP contribution in [0, 0.1) is 0 Å². The first-order chi connectivity index (χ1) is 13.0. The quantitative estimate of drug-likeness (QED) is 0.580. The summed E-state index contributed by atoms with van der Waals surface area (Å²) in [5.74, 6) is 1.08. The lowest BCUT2D eigenvalue weighted by Crippen LogP contribution is -2.32. The number of hydrogen-bond acceptors (Lipinski definition) is 4. The van der Waals surface area contributed by atoms with Crippen molar-refractivity contribution in [3.05, 3.63) is 77.1 Å². The summed E-state index contributed by atoms with van der Waals surface area (Å²) in [4.78, 5) is 18.1. The van der Waals surface area contributed by atoms with Gasteiger partial charge in [-0.2, -0.15) is 5.10 Å². The third-order valence-electron chi connectivity index (χ3n) is 4.09. The van der Waals surface area contributed by atoms with E-state index in [-0.39, 0.29) is 11.9 Å². The van der Waals surface area contributed by atoms with Gasteiger partial charge in [0.1, 0.15) is 11.5 Å². The Morgan fingerprint density at radius 1 is 1.19 bits per heavy atom. The van der Waals surface area contributed by atoms with Crippen molar-refractivity contribution in [2.45, 2.75) is 13.0 Å². The Balaban J connectivity index is 1.79. The fourth-order valence-electron chi connectivity index (χ4n) is 2.69. The van der Waals surface area contributed by atoms with E-state index < -0.39 is 0 Å². The summed E-state index contributed by atoms with van der Waals surface area (Å²) >= 11 is 5.90. The average Bonchev–Trinajstić information content (AvgIpc) is 3.11. The molecule has 7 heteroatoms. The van der Waals surface area contributed by atoms with Crippen molar-refractivity contribution in [3.8, 4) is 11.5 Å². The summed E-state index contributed by atoms with van der Waals surface area (Å²) in [6.45, 7) is 1.89. The lowest BCUT2D eigenvalue weighted by molar-refractivity contribution is -0.120. The molecule has 3 rings (SSSR count). The number of hydroxylamine groups is 2. The minimum Gasteiger partial charge on any atom is -0.457 e. The highest BCUT2D eigenvalue weighted by Crippen LogP contribution is 2.28. The molecule has 1 unspecified atom stereocenters. The summed E-state index contributed by atoms with van der Waals surface area (Å²) in [7, 11) is 3.23. The predicted molar refractivity (Wildman–Crippen MR) is 103 cm³/mol. The van der Waals surface area contributed by atoms with Gasteiger partial charge in [-0.15, -0.1) is 0 Å². The second-order valence-electron chi connectivity index (χ2n) is 6.02. The van der Waals surface area contributed by atoms with Gasteiger partial charge >= 0.3 is 0 Å². The Bertz CT molecular complexity index is 924. The molecule has 0 aliphatic carbocycles. The molecule has 0 saturated heterocycles. The van der Waals surface area contributed by atoms with Gasteiger partial charge in [-0.3, -0.25) is 14.3 Å². The molecule has 1 heterocycles. The molecule has 0 saturated carbocycles. The molecule has 0 spiro atoms. The number of amides is 1. The molecule has 0 aliphatic rings. The van der Waals surface area contributed by atoms with Gasteiger partial charge in [-0.25, -0.2) is 5.06 Å². The van der Waals surface area contributed by atoms with Crippen LogP contribution in [0.3, 0.4) is 0 Å². The molecule has 0 bridgehead atoms. The summed E-state index contributed by atoms with van der Waals surface area (Å²) in [5.41, 5.74) is 1.33. The Hall–Kier alpha value is -2.83. The highest BCUT2D eigenvalue weighted by Gasteiger charge is 2.24. The molecular weight excluding hydrogens is 366 g/mol. The smallest absolute Gasteiger partial charge is 0.281 e. The lowest BCUT2D eigenvalue weighted by atomic mass is 10.1. The molecular formula is C20H20ClN3O3. The third-order valence-corrected chi connectivity index (χ3v) is 4.34. The van der Waals surface area contributed by atoms with Crippen LogP contribution in [0.2, 0.25) is 5.02 Å². The van der Waals surface area contributed by atoms with Gasteiger partial charge in [-0.05, 0) is 48.9 Å². The number of carbonyl (C=O) groups is 1. The summed E-state index contributed by atoms with van der Waals surface area (Å²) in [6, 6.07) is 14.3. The van der Waals surface area contributed by atoms with Crippen LogP contribution < -0.4 is 4.74 Å². The van der Waals surface area contributed by atoms with Crippen LogP contribution >= 0.6 is 11.6 Å². The first kappa shape index (κ1) is 18.9. The summed E-state index contributed by atoms with van der Waals surface area (Å²) in [6.07, 6.45) is 3.17. The van der Waals surface area contributed by atoms with E-state index in [9.17, 15) is 4.79 Å². The number of rotatable bonds is 6. The third kappa shape index (κ3) is 4.48. The van der Waals surface area contributed by atoms with Gasteiger partial charge in [0.05, 0.1) is 24.9 Å². The molecule has 27 heavy (non-hydrogen) atoms. The molecule has 1 aromatic heterocycles. The molecule has 140 valence electrons. The standard InChI is InChI=1S/C20H20ClN3O3/c1-14(24(26-3)20(25)16-12-22-23(2)13-16)15-5-4-6-19(11-15)27-18-9-7-17(21)8-10-18/h4-14H,1-3H3. The SMILES string of the molecule is CON(C(=O)c1cnn(C)c1)C(C)c1cccc(Oc2ccc(Cl)cc2)c1. The molecule has 0 N–H and O–H groups in total. The van der Waals surface area contributed by atoms with Gasteiger partial charge in [0, 0.05) is 18.3 Å². The van der Waals surface area contributed by atoms with E-state index in [2.05, 4.69) is 5.10 Å². The van der Waals surface area contributed by atoms with Gasteiger partial charge < -0.3 is 4.74 Å². The zero-order valence-electron chi connectivity index (χ0n) is 15.3. The number of aromatic nitrogens is 2. The van der Waals surface area contributed by atoms with Crippen LogP contribution in [0.4, 0.5) is 0 Å². The van der Waals surface area contributed by atoms with E-state index in [0.29, 0.717) is 22.1 Å². The van der Waals surface area contributed by atoms with Crippen molar-refractivity contribution in [2.75, 3.05) is 7.11 Å². The second kappa shape index (κ2) is 8.24. The van der Waals surface area contributed by atoms with E-state index >= 15 is 0 Å². The fourth-order valence-corrected chi connectivity index (χ4v) is 2.81. The molecule has 3 aromatic rings. The zero-order chi connectivity index (χ0) is 19.4. The zero-order valence-corrected chi connectivity index (χ0v) is 16.1. The number of benzene rings is 2. The molecule has 1 amide bonds. The lowest BCUT2D eigenvalue weighted by Gasteiger charge is -2.26. The number of hydrogen-bond donors (Lipinski definition) is 0. The van der Waals surface area contributed by atoms with E-state index in [1.54, 1.807) is 42.2 Å². The molecule has 6 nitrogen and oxygen atoms in total. The van der Waals surface area contributed by atoms with Crippen LogP contribution in [0.15, 0.2) is 60.9 Å². The fraction of sp³-hybridized carbons (Fsp3) is 0.200. The van der Waals surface area contributed by atoms with Crippen LogP contribution in [0.25, 0.3) is 0 Å². The first-order valence-electron chi connectivity index (χ1n) is 8.37. The number of carbonyl (C=O) groups excluding carboxylic acids is 1. The Morgan fingerprint density at radius 3 is 2.56 bits per heavy atom. The van der Waals surface area contributed by atoms with E-state index in [1.165, 1.54) is 18.4 Å². The van der Waals surface area contributed by atoms with Crippen molar-refractivity contribution in [1.29, 1.82) is 0 Å². The topological polar surface area (TPSA) is 56.6 Å². The Kier molecular flexibility index (Phi) is 5.78. The monoisotopic (exact) mass is 385 g/mol. The highest BCUT2D eigenvalue weighted by molar-refractivity contribution is 6.30.